The molecule has 0 spiro atoms. The summed E-state index contributed by atoms with van der Waals surface area (Å²) >= 11 is 0. The number of aliphatic hydroxyl groups is 10. The molecule has 20 unspecified atom stereocenters. The Bertz CT molecular complexity index is 1530. The number of carbonyl (C=O) groups excluding carboxylic acids is 2. The summed E-state index contributed by atoms with van der Waals surface area (Å²) in [4.78, 5) is 26.6. The maximum absolute atomic E-state index is 13.3. The van der Waals surface area contributed by atoms with Gasteiger partial charge < -0.3 is 89.0 Å². The van der Waals surface area contributed by atoms with Gasteiger partial charge in [-0.15, -0.1) is 0 Å². The van der Waals surface area contributed by atoms with Gasteiger partial charge in [-0.05, 0) is 48.7 Å². The molecule has 2 saturated heterocycles. The molecule has 20 heteroatoms. The van der Waals surface area contributed by atoms with Crippen molar-refractivity contribution in [3.63, 3.8) is 0 Å². The van der Waals surface area contributed by atoms with Crippen molar-refractivity contribution in [3.8, 4) is 0 Å². The smallest absolute Gasteiger partial charge is 0.337 e. The second kappa shape index (κ2) is 20.8. The van der Waals surface area contributed by atoms with Crippen molar-refractivity contribution in [2.45, 2.75) is 139 Å². The van der Waals surface area contributed by atoms with Gasteiger partial charge in [0.25, 0.3) is 0 Å². The van der Waals surface area contributed by atoms with Crippen molar-refractivity contribution < 1.29 is 98.5 Å². The fourth-order valence-corrected chi connectivity index (χ4v) is 9.04. The Morgan fingerprint density at radius 3 is 1.34 bits per heavy atom. The van der Waals surface area contributed by atoms with E-state index in [9.17, 15) is 60.7 Å². The fourth-order valence-electron chi connectivity index (χ4n) is 9.04. The van der Waals surface area contributed by atoms with Crippen molar-refractivity contribution in [3.05, 3.63) is 48.0 Å². The molecule has 0 aromatic heterocycles. The number of aliphatic hydroxyl groups excluding tert-OH is 10. The Kier molecular flexibility index (Phi) is 16.3. The van der Waals surface area contributed by atoms with Gasteiger partial charge in [0, 0.05) is 11.8 Å². The predicted molar refractivity (Wildman–Crippen MR) is 208 cm³/mol. The Morgan fingerprint density at radius 1 is 0.613 bits per heavy atom. The number of unbranched alkanes of at least 4 members (excludes halogenated alkanes) is 1. The first-order chi connectivity index (χ1) is 29.5. The number of rotatable bonds is 17. The van der Waals surface area contributed by atoms with Crippen LogP contribution in [-0.4, -0.2) is 176 Å². The van der Waals surface area contributed by atoms with Gasteiger partial charge in [0.2, 0.25) is 12.6 Å². The Balaban J connectivity index is 0.922. The van der Waals surface area contributed by atoms with Crippen LogP contribution in [0.25, 0.3) is 0 Å². The van der Waals surface area contributed by atoms with E-state index in [1.807, 2.05) is 13.8 Å². The van der Waals surface area contributed by atoms with Crippen molar-refractivity contribution in [1.82, 2.24) is 0 Å². The molecule has 0 aromatic rings. The molecule has 0 bridgehead atoms. The molecule has 10 N–H and O–H groups in total. The zero-order valence-corrected chi connectivity index (χ0v) is 34.7. The van der Waals surface area contributed by atoms with Gasteiger partial charge in [-0.2, -0.15) is 0 Å². The molecule has 4 fully saturated rings. The molecule has 4 heterocycles. The largest absolute Gasteiger partial charge is 0.471 e. The summed E-state index contributed by atoms with van der Waals surface area (Å²) in [6.45, 7) is 10.7. The highest BCUT2D eigenvalue weighted by Gasteiger charge is 2.54. The maximum Gasteiger partial charge on any atom is 0.337 e. The first-order valence-corrected chi connectivity index (χ1v) is 21.2. The van der Waals surface area contributed by atoms with Gasteiger partial charge in [-0.3, -0.25) is 0 Å². The molecule has 62 heavy (non-hydrogen) atoms. The normalized spacial score (nSPS) is 41.5. The van der Waals surface area contributed by atoms with Gasteiger partial charge in [-0.25, -0.2) is 9.59 Å². The van der Waals surface area contributed by atoms with Crippen LogP contribution in [0.1, 0.15) is 52.4 Å². The van der Waals surface area contributed by atoms with E-state index in [1.54, 1.807) is 0 Å². The van der Waals surface area contributed by atoms with Gasteiger partial charge in [-0.1, -0.05) is 39.8 Å². The highest BCUT2D eigenvalue weighted by Crippen LogP contribution is 2.48. The molecule has 4 aliphatic heterocycles. The van der Waals surface area contributed by atoms with Crippen LogP contribution in [0.3, 0.4) is 0 Å². The topological polar surface area (TPSA) is 310 Å². The molecule has 20 nitrogen and oxygen atoms in total. The minimum Gasteiger partial charge on any atom is -0.471 e. The Morgan fingerprint density at radius 2 is 0.984 bits per heavy atom. The van der Waals surface area contributed by atoms with Gasteiger partial charge in [0.05, 0.1) is 74.1 Å². The van der Waals surface area contributed by atoms with Gasteiger partial charge in [0.1, 0.15) is 48.8 Å². The highest BCUT2D eigenvalue weighted by molar-refractivity contribution is 5.90. The molecule has 0 radical (unpaired) electrons. The van der Waals surface area contributed by atoms with Crippen LogP contribution >= 0.6 is 0 Å². The lowest BCUT2D eigenvalue weighted by Crippen LogP contribution is -2.60. The third kappa shape index (κ3) is 10.2. The molecule has 2 aliphatic carbocycles. The minimum absolute atomic E-state index is 0.00407. The summed E-state index contributed by atoms with van der Waals surface area (Å²) in [6, 6.07) is 0. The van der Waals surface area contributed by atoms with Crippen LogP contribution < -0.4 is 0 Å². The first kappa shape index (κ1) is 48.4. The van der Waals surface area contributed by atoms with E-state index >= 15 is 0 Å². The third-order valence-corrected chi connectivity index (χ3v) is 12.9. The fraction of sp³-hybridized carbons (Fsp3) is 0.762. The summed E-state index contributed by atoms with van der Waals surface area (Å²) in [5.74, 6) is -3.92. The van der Waals surface area contributed by atoms with Crippen molar-refractivity contribution in [2.24, 2.45) is 35.5 Å². The summed E-state index contributed by atoms with van der Waals surface area (Å²) in [7, 11) is 0. The average molecular weight is 887 g/mol. The van der Waals surface area contributed by atoms with E-state index in [-0.39, 0.29) is 49.0 Å². The molecular weight excluding hydrogens is 824 g/mol. The quantitative estimate of drug-likeness (QED) is 0.0434. The number of hydrogen-bond acceptors (Lipinski definition) is 20. The highest BCUT2D eigenvalue weighted by atomic mass is 16.8. The lowest BCUT2D eigenvalue weighted by atomic mass is 9.85. The summed E-state index contributed by atoms with van der Waals surface area (Å²) in [5.41, 5.74) is 1.03. The minimum atomic E-state index is -1.68. The number of carbonyl (C=O) groups is 2. The Hall–Kier alpha value is -3.06. The number of esters is 2. The third-order valence-electron chi connectivity index (χ3n) is 12.9. The standard InChI is InChI=1S/C42H62O20/c1-17(13-55-37(53)23-15-57-39(29-19(3)25(45)9-21(23)29)61-41-35(51)33(49)31(47)27(11-43)59-41)7-5-6-8-18(2)14-56-38(54)24-16-58-40(30-20(4)26(46)10-22(24)30)62-42-36(52)34(50)32(48)28(12-44)60-42/h15-18,21-22,25-36,39-52H,3-14H2,1-2H3. The molecule has 20 atom stereocenters. The number of ether oxygens (including phenoxy) is 8. The zero-order valence-electron chi connectivity index (χ0n) is 34.7. The van der Waals surface area contributed by atoms with Gasteiger partial charge in [0.15, 0.2) is 12.6 Å². The van der Waals surface area contributed by atoms with Crippen LogP contribution in [0, 0.1) is 35.5 Å². The summed E-state index contributed by atoms with van der Waals surface area (Å²) < 4.78 is 45.3. The summed E-state index contributed by atoms with van der Waals surface area (Å²) in [6.07, 6.45) is -13.9. The lowest BCUT2D eigenvalue weighted by molar-refractivity contribution is -0.339. The van der Waals surface area contributed by atoms with E-state index in [1.165, 1.54) is 12.5 Å². The first-order valence-electron chi connectivity index (χ1n) is 21.2. The molecule has 350 valence electrons. The van der Waals surface area contributed by atoms with E-state index < -0.39 is 135 Å². The second-order valence-electron chi connectivity index (χ2n) is 17.4. The number of fused-ring (bicyclic) bond motifs is 2. The van der Waals surface area contributed by atoms with E-state index in [4.69, 9.17) is 37.9 Å². The van der Waals surface area contributed by atoms with Crippen molar-refractivity contribution in [2.75, 3.05) is 26.4 Å². The maximum atomic E-state index is 13.3. The number of hydrogen-bond donors (Lipinski definition) is 10. The monoisotopic (exact) mass is 886 g/mol. The molecule has 2 saturated carbocycles. The predicted octanol–water partition coefficient (Wildman–Crippen LogP) is -1.87. The van der Waals surface area contributed by atoms with Crippen LogP contribution in [0.4, 0.5) is 0 Å². The lowest BCUT2D eigenvalue weighted by Gasteiger charge is -2.42. The SMILES string of the molecule is C=C1C(O)CC2C(C(=O)OCC(C)CCCCC(C)COC(=O)C3=COC(OC4OC(CO)C(O)C(O)C4O)C4C(=C)C(O)CC34)=COC(OC3OC(CO)C(O)C(O)C3O)C12. The van der Waals surface area contributed by atoms with Crippen LogP contribution in [0.5, 0.6) is 0 Å². The van der Waals surface area contributed by atoms with E-state index in [0.29, 0.717) is 11.1 Å². The van der Waals surface area contributed by atoms with Crippen LogP contribution in [0.2, 0.25) is 0 Å². The molecule has 6 aliphatic rings. The van der Waals surface area contributed by atoms with Gasteiger partial charge >= 0.3 is 11.9 Å². The molecule has 0 amide bonds. The second-order valence-corrected chi connectivity index (χ2v) is 17.4. The van der Waals surface area contributed by atoms with Crippen molar-refractivity contribution in [1.29, 1.82) is 0 Å². The Labute approximate surface area is 358 Å². The zero-order chi connectivity index (χ0) is 45.2. The van der Waals surface area contributed by atoms with E-state index in [0.717, 1.165) is 25.7 Å². The summed E-state index contributed by atoms with van der Waals surface area (Å²) in [5, 5.41) is 102. The van der Waals surface area contributed by atoms with Crippen LogP contribution in [0.15, 0.2) is 48.0 Å². The molecule has 0 aromatic carbocycles. The van der Waals surface area contributed by atoms with E-state index in [2.05, 4.69) is 13.2 Å². The molecular formula is C42H62O20. The van der Waals surface area contributed by atoms with Crippen LogP contribution in [-0.2, 0) is 47.5 Å². The molecule has 6 rings (SSSR count). The van der Waals surface area contributed by atoms with Crippen molar-refractivity contribution >= 4 is 11.9 Å². The average Bonchev–Trinajstić information content (AvgIpc) is 3.73.